The molecule has 0 fully saturated rings. The number of ether oxygens (including phenoxy) is 1. The van der Waals surface area contributed by atoms with E-state index in [0.717, 1.165) is 16.5 Å². The lowest BCUT2D eigenvalue weighted by Crippen LogP contribution is -2.29. The molecule has 17 heavy (non-hydrogen) atoms. The third kappa shape index (κ3) is 3.03. The Morgan fingerprint density at radius 2 is 2.41 bits per heavy atom. The van der Waals surface area contributed by atoms with Crippen molar-refractivity contribution >= 4 is 10.9 Å². The van der Waals surface area contributed by atoms with Crippen molar-refractivity contribution in [3.8, 4) is 0 Å². The Morgan fingerprint density at radius 3 is 3.24 bits per heavy atom. The van der Waals surface area contributed by atoms with Crippen LogP contribution >= 0.6 is 0 Å². The number of aromatic nitrogens is 2. The van der Waals surface area contributed by atoms with E-state index >= 15 is 0 Å². The van der Waals surface area contributed by atoms with E-state index in [1.807, 2.05) is 18.2 Å². The van der Waals surface area contributed by atoms with Gasteiger partial charge in [0.05, 0.1) is 24.4 Å². The van der Waals surface area contributed by atoms with Crippen LogP contribution in [0.5, 0.6) is 0 Å². The predicted molar refractivity (Wildman–Crippen MR) is 65.7 cm³/mol. The van der Waals surface area contributed by atoms with Gasteiger partial charge in [0.1, 0.15) is 0 Å². The van der Waals surface area contributed by atoms with E-state index in [-0.39, 0.29) is 0 Å². The third-order valence-corrected chi connectivity index (χ3v) is 2.62. The summed E-state index contributed by atoms with van der Waals surface area (Å²) in [5, 5.41) is 20.8. The summed E-state index contributed by atoms with van der Waals surface area (Å²) < 4.78 is 4.86. The number of hydrogen-bond donors (Lipinski definition) is 3. The standard InChI is InChI=1S/C12H17N3O2/c1-17-8-11(16)7-13-5-9-3-2-4-10-6-14-15-12(9)10/h2-4,6,11,13,16H,5,7-8H2,1H3,(H,14,15). The number of aliphatic hydroxyl groups is 1. The average molecular weight is 235 g/mol. The zero-order valence-corrected chi connectivity index (χ0v) is 9.81. The predicted octanol–water partition coefficient (Wildman–Crippen LogP) is 0.660. The average Bonchev–Trinajstić information content (AvgIpc) is 2.78. The molecule has 0 amide bonds. The van der Waals surface area contributed by atoms with E-state index in [9.17, 15) is 5.11 Å². The van der Waals surface area contributed by atoms with Crippen LogP contribution in [0.15, 0.2) is 24.4 Å². The summed E-state index contributed by atoms with van der Waals surface area (Å²) in [5.74, 6) is 0. The van der Waals surface area contributed by atoms with Crippen LogP contribution in [0.4, 0.5) is 0 Å². The summed E-state index contributed by atoms with van der Waals surface area (Å²) >= 11 is 0. The first kappa shape index (κ1) is 12.0. The molecular formula is C12H17N3O2. The molecule has 1 heterocycles. The van der Waals surface area contributed by atoms with E-state index in [1.165, 1.54) is 0 Å². The first-order valence-electron chi connectivity index (χ1n) is 5.60. The second kappa shape index (κ2) is 5.77. The van der Waals surface area contributed by atoms with Gasteiger partial charge < -0.3 is 15.2 Å². The van der Waals surface area contributed by atoms with Crippen LogP contribution in [0.3, 0.4) is 0 Å². The molecule has 0 aliphatic carbocycles. The Hall–Kier alpha value is -1.43. The van der Waals surface area contributed by atoms with E-state index in [0.29, 0.717) is 19.7 Å². The zero-order valence-electron chi connectivity index (χ0n) is 9.81. The maximum absolute atomic E-state index is 9.49. The van der Waals surface area contributed by atoms with Gasteiger partial charge in [-0.2, -0.15) is 5.10 Å². The smallest absolute Gasteiger partial charge is 0.0897 e. The number of hydrogen-bond acceptors (Lipinski definition) is 4. The van der Waals surface area contributed by atoms with Gasteiger partial charge >= 0.3 is 0 Å². The number of rotatable bonds is 6. The van der Waals surface area contributed by atoms with Gasteiger partial charge in [-0.3, -0.25) is 5.10 Å². The lowest BCUT2D eigenvalue weighted by molar-refractivity contribution is 0.0644. The number of nitrogens with zero attached hydrogens (tertiary/aromatic N) is 1. The van der Waals surface area contributed by atoms with Crippen molar-refractivity contribution in [1.29, 1.82) is 0 Å². The minimum Gasteiger partial charge on any atom is -0.389 e. The van der Waals surface area contributed by atoms with Gasteiger partial charge in [-0.05, 0) is 5.56 Å². The van der Waals surface area contributed by atoms with Gasteiger partial charge in [-0.15, -0.1) is 0 Å². The molecule has 0 saturated carbocycles. The van der Waals surface area contributed by atoms with Crippen LogP contribution in [0.25, 0.3) is 10.9 Å². The fourth-order valence-corrected chi connectivity index (χ4v) is 1.80. The highest BCUT2D eigenvalue weighted by atomic mass is 16.5. The zero-order chi connectivity index (χ0) is 12.1. The van der Waals surface area contributed by atoms with Crippen LogP contribution in [0.2, 0.25) is 0 Å². The maximum atomic E-state index is 9.49. The van der Waals surface area contributed by atoms with Crippen LogP contribution in [-0.4, -0.2) is 41.7 Å². The van der Waals surface area contributed by atoms with Gasteiger partial charge in [-0.1, -0.05) is 18.2 Å². The Kier molecular flexibility index (Phi) is 4.08. The Labute approximate surface area is 99.8 Å². The van der Waals surface area contributed by atoms with Crippen LogP contribution in [-0.2, 0) is 11.3 Å². The molecule has 5 heteroatoms. The van der Waals surface area contributed by atoms with Crippen molar-refractivity contribution < 1.29 is 9.84 Å². The number of para-hydroxylation sites is 1. The lowest BCUT2D eigenvalue weighted by atomic mass is 10.1. The van der Waals surface area contributed by atoms with Crippen molar-refractivity contribution in [3.63, 3.8) is 0 Å². The molecule has 0 aliphatic rings. The number of benzene rings is 1. The molecule has 1 aromatic carbocycles. The number of nitrogens with one attached hydrogen (secondary N) is 2. The van der Waals surface area contributed by atoms with Crippen LogP contribution < -0.4 is 5.32 Å². The Bertz CT molecular complexity index is 469. The number of H-pyrrole nitrogens is 1. The van der Waals surface area contributed by atoms with Gasteiger partial charge in [0, 0.05) is 25.6 Å². The van der Waals surface area contributed by atoms with Crippen molar-refractivity contribution in [2.75, 3.05) is 20.3 Å². The van der Waals surface area contributed by atoms with E-state index in [1.54, 1.807) is 13.3 Å². The molecule has 3 N–H and O–H groups in total. The van der Waals surface area contributed by atoms with E-state index < -0.39 is 6.10 Å². The monoisotopic (exact) mass is 235 g/mol. The van der Waals surface area contributed by atoms with Crippen molar-refractivity contribution in [2.24, 2.45) is 0 Å². The highest BCUT2D eigenvalue weighted by molar-refractivity contribution is 5.81. The summed E-state index contributed by atoms with van der Waals surface area (Å²) in [6, 6.07) is 6.05. The first-order chi connectivity index (χ1) is 8.31. The van der Waals surface area contributed by atoms with Gasteiger partial charge in [0.2, 0.25) is 0 Å². The Morgan fingerprint density at radius 1 is 1.53 bits per heavy atom. The molecule has 0 bridgehead atoms. The van der Waals surface area contributed by atoms with Gasteiger partial charge in [0.15, 0.2) is 0 Å². The summed E-state index contributed by atoms with van der Waals surface area (Å²) in [5.41, 5.74) is 2.19. The first-order valence-corrected chi connectivity index (χ1v) is 5.60. The minimum atomic E-state index is -0.471. The van der Waals surface area contributed by atoms with Gasteiger partial charge in [0.25, 0.3) is 0 Å². The third-order valence-electron chi connectivity index (χ3n) is 2.62. The minimum absolute atomic E-state index is 0.348. The number of aromatic amines is 1. The summed E-state index contributed by atoms with van der Waals surface area (Å²) in [6.07, 6.45) is 1.33. The largest absolute Gasteiger partial charge is 0.389 e. The van der Waals surface area contributed by atoms with Crippen molar-refractivity contribution in [1.82, 2.24) is 15.5 Å². The molecule has 0 saturated heterocycles. The molecule has 0 aliphatic heterocycles. The highest BCUT2D eigenvalue weighted by Crippen LogP contribution is 2.14. The summed E-state index contributed by atoms with van der Waals surface area (Å²) in [4.78, 5) is 0. The number of fused-ring (bicyclic) bond motifs is 1. The number of aliphatic hydroxyl groups excluding tert-OH is 1. The van der Waals surface area contributed by atoms with Gasteiger partial charge in [-0.25, -0.2) is 0 Å². The molecule has 2 aromatic rings. The second-order valence-electron chi connectivity index (χ2n) is 3.99. The molecule has 1 atom stereocenters. The lowest BCUT2D eigenvalue weighted by Gasteiger charge is -2.10. The highest BCUT2D eigenvalue weighted by Gasteiger charge is 2.05. The Balaban J connectivity index is 1.92. The fourth-order valence-electron chi connectivity index (χ4n) is 1.80. The normalized spacial score (nSPS) is 13.1. The van der Waals surface area contributed by atoms with Crippen molar-refractivity contribution in [2.45, 2.75) is 12.6 Å². The number of methoxy groups -OCH3 is 1. The van der Waals surface area contributed by atoms with Crippen molar-refractivity contribution in [3.05, 3.63) is 30.0 Å². The van der Waals surface area contributed by atoms with Crippen LogP contribution in [0.1, 0.15) is 5.56 Å². The molecule has 1 aromatic heterocycles. The molecular weight excluding hydrogens is 218 g/mol. The molecule has 2 rings (SSSR count). The SMILES string of the molecule is COCC(O)CNCc1cccc2cn[nH]c12. The summed E-state index contributed by atoms with van der Waals surface area (Å²) in [7, 11) is 1.58. The topological polar surface area (TPSA) is 70.2 Å². The molecule has 92 valence electrons. The molecule has 0 spiro atoms. The van der Waals surface area contributed by atoms with Crippen LogP contribution in [0, 0.1) is 0 Å². The van der Waals surface area contributed by atoms with E-state index in [4.69, 9.17) is 4.74 Å². The maximum Gasteiger partial charge on any atom is 0.0897 e. The molecule has 0 radical (unpaired) electrons. The fraction of sp³-hybridized carbons (Fsp3) is 0.417. The van der Waals surface area contributed by atoms with E-state index in [2.05, 4.69) is 15.5 Å². The molecule has 1 unspecified atom stereocenters. The second-order valence-corrected chi connectivity index (χ2v) is 3.99. The quantitative estimate of drug-likeness (QED) is 0.688. The molecule has 5 nitrogen and oxygen atoms in total. The summed E-state index contributed by atoms with van der Waals surface area (Å²) in [6.45, 7) is 1.56.